The minimum Gasteiger partial charge on any atom is -0.477 e. The number of amides is 1. The Kier molecular flexibility index (Phi) is 5.13. The summed E-state index contributed by atoms with van der Waals surface area (Å²) in [6.45, 7) is 8.11. The van der Waals surface area contributed by atoms with Gasteiger partial charge in [0.1, 0.15) is 11.4 Å². The Morgan fingerprint density at radius 3 is 2.29 bits per heavy atom. The Labute approximate surface area is 145 Å². The summed E-state index contributed by atoms with van der Waals surface area (Å²) in [6, 6.07) is 2.86. The van der Waals surface area contributed by atoms with Crippen molar-refractivity contribution in [1.29, 1.82) is 0 Å². The molecule has 0 spiro atoms. The minimum atomic E-state index is -1.05. The van der Waals surface area contributed by atoms with Gasteiger partial charge in [-0.05, 0) is 26.0 Å². The second kappa shape index (κ2) is 6.76. The number of thiazole rings is 1. The van der Waals surface area contributed by atoms with Gasteiger partial charge in [-0.25, -0.2) is 9.78 Å². The second-order valence-electron chi connectivity index (χ2n) is 6.22. The number of aromatic nitrogens is 2. The number of carbonyl (C=O) groups excluding carboxylic acids is 1. The third-order valence-electron chi connectivity index (χ3n) is 4.18. The van der Waals surface area contributed by atoms with Gasteiger partial charge in [0, 0.05) is 24.9 Å². The molecule has 2 aromatic heterocycles. The zero-order valence-corrected chi connectivity index (χ0v) is 15.6. The number of rotatable bonds is 5. The Bertz CT molecular complexity index is 776. The van der Waals surface area contributed by atoms with E-state index >= 15 is 0 Å². The van der Waals surface area contributed by atoms with Gasteiger partial charge in [0.15, 0.2) is 0 Å². The summed E-state index contributed by atoms with van der Waals surface area (Å²) in [6.07, 6.45) is 0. The van der Waals surface area contributed by atoms with E-state index in [1.165, 1.54) is 10.6 Å². The predicted molar refractivity (Wildman–Crippen MR) is 93.8 cm³/mol. The van der Waals surface area contributed by atoms with Crippen LogP contribution in [0.1, 0.15) is 69.3 Å². The number of carboxylic acid groups (broad SMARTS) is 1. The average molecular weight is 349 g/mol. The van der Waals surface area contributed by atoms with Crippen molar-refractivity contribution in [2.75, 3.05) is 7.05 Å². The van der Waals surface area contributed by atoms with E-state index in [1.54, 1.807) is 36.4 Å². The van der Waals surface area contributed by atoms with Gasteiger partial charge in [-0.15, -0.1) is 11.3 Å². The predicted octanol–water partition coefficient (Wildman–Crippen LogP) is 3.44. The largest absolute Gasteiger partial charge is 0.477 e. The summed E-state index contributed by atoms with van der Waals surface area (Å²) in [5, 5.41) is 10.2. The normalized spacial score (nSPS) is 12.5. The molecule has 0 bridgehead atoms. The molecule has 130 valence electrons. The zero-order valence-electron chi connectivity index (χ0n) is 14.8. The minimum absolute atomic E-state index is 0.0930. The van der Waals surface area contributed by atoms with Crippen LogP contribution in [-0.4, -0.2) is 38.5 Å². The molecule has 0 aromatic carbocycles. The van der Waals surface area contributed by atoms with Gasteiger partial charge in [-0.3, -0.25) is 4.79 Å². The highest BCUT2D eigenvalue weighted by atomic mass is 32.1. The van der Waals surface area contributed by atoms with Gasteiger partial charge in [0.2, 0.25) is 0 Å². The van der Waals surface area contributed by atoms with E-state index in [2.05, 4.69) is 18.8 Å². The quantitative estimate of drug-likeness (QED) is 0.897. The summed E-state index contributed by atoms with van der Waals surface area (Å²) in [7, 11) is 3.32. The lowest BCUT2D eigenvalue weighted by Gasteiger charge is -2.24. The third-order valence-corrected chi connectivity index (χ3v) is 5.81. The lowest BCUT2D eigenvalue weighted by molar-refractivity contribution is 0.0685. The Morgan fingerprint density at radius 2 is 1.83 bits per heavy atom. The Hall–Kier alpha value is -2.15. The number of hydrogen-bond acceptors (Lipinski definition) is 4. The molecule has 0 aliphatic heterocycles. The van der Waals surface area contributed by atoms with Gasteiger partial charge in [-0.2, -0.15) is 0 Å². The molecule has 0 radical (unpaired) electrons. The van der Waals surface area contributed by atoms with Crippen molar-refractivity contribution in [1.82, 2.24) is 14.5 Å². The number of aromatic carboxylic acids is 1. The third kappa shape index (κ3) is 3.21. The summed E-state index contributed by atoms with van der Waals surface area (Å²) < 4.78 is 1.41. The fraction of sp³-hybridized carbons (Fsp3) is 0.471. The van der Waals surface area contributed by atoms with E-state index < -0.39 is 5.97 Å². The molecule has 0 fully saturated rings. The first-order chi connectivity index (χ1) is 11.1. The van der Waals surface area contributed by atoms with E-state index in [0.717, 1.165) is 15.6 Å². The molecule has 2 rings (SSSR count). The molecule has 0 aliphatic carbocycles. The summed E-state index contributed by atoms with van der Waals surface area (Å²) >= 11 is 1.63. The van der Waals surface area contributed by atoms with Crippen molar-refractivity contribution in [2.24, 2.45) is 7.05 Å². The molecule has 0 aliphatic rings. The van der Waals surface area contributed by atoms with E-state index in [1.807, 2.05) is 13.8 Å². The maximum absolute atomic E-state index is 12.8. The lowest BCUT2D eigenvalue weighted by atomic mass is 10.2. The number of aryl methyl sites for hydroxylation is 1. The van der Waals surface area contributed by atoms with Gasteiger partial charge in [0.05, 0.1) is 16.7 Å². The van der Waals surface area contributed by atoms with Crippen LogP contribution in [0.4, 0.5) is 0 Å². The molecule has 7 heteroatoms. The number of nitrogens with zero attached hydrogens (tertiary/aromatic N) is 3. The topological polar surface area (TPSA) is 75.4 Å². The highest BCUT2D eigenvalue weighted by molar-refractivity contribution is 7.11. The maximum atomic E-state index is 12.8. The zero-order chi connectivity index (χ0) is 18.2. The monoisotopic (exact) mass is 349 g/mol. The SMILES string of the molecule is Cc1nc(C(C)C)sc1C(C)N(C)C(=O)c1ccc(C(=O)O)n1C. The molecule has 6 nitrogen and oxygen atoms in total. The maximum Gasteiger partial charge on any atom is 0.352 e. The van der Waals surface area contributed by atoms with Crippen molar-refractivity contribution in [2.45, 2.75) is 39.7 Å². The van der Waals surface area contributed by atoms with Crippen molar-refractivity contribution in [3.8, 4) is 0 Å². The van der Waals surface area contributed by atoms with E-state index in [0.29, 0.717) is 11.6 Å². The van der Waals surface area contributed by atoms with E-state index in [-0.39, 0.29) is 17.6 Å². The first kappa shape index (κ1) is 18.2. The van der Waals surface area contributed by atoms with Gasteiger partial charge < -0.3 is 14.6 Å². The molecule has 1 unspecified atom stereocenters. The highest BCUT2D eigenvalue weighted by Gasteiger charge is 2.26. The van der Waals surface area contributed by atoms with Crippen molar-refractivity contribution in [3.05, 3.63) is 39.1 Å². The summed E-state index contributed by atoms with van der Waals surface area (Å²) in [4.78, 5) is 31.2. The molecule has 0 saturated heterocycles. The van der Waals surface area contributed by atoms with Crippen LogP contribution in [0.3, 0.4) is 0 Å². The van der Waals surface area contributed by atoms with Crippen LogP contribution in [0.15, 0.2) is 12.1 Å². The first-order valence-electron chi connectivity index (χ1n) is 7.78. The smallest absolute Gasteiger partial charge is 0.352 e. The summed E-state index contributed by atoms with van der Waals surface area (Å²) in [5.41, 5.74) is 1.39. The molecule has 0 saturated carbocycles. The van der Waals surface area contributed by atoms with Crippen molar-refractivity contribution < 1.29 is 14.7 Å². The van der Waals surface area contributed by atoms with Crippen LogP contribution in [0.5, 0.6) is 0 Å². The van der Waals surface area contributed by atoms with Gasteiger partial charge >= 0.3 is 5.97 Å². The first-order valence-corrected chi connectivity index (χ1v) is 8.60. The second-order valence-corrected chi connectivity index (χ2v) is 7.28. The lowest BCUT2D eigenvalue weighted by Crippen LogP contribution is -2.31. The molecule has 2 heterocycles. The van der Waals surface area contributed by atoms with Crippen LogP contribution >= 0.6 is 11.3 Å². The Balaban J connectivity index is 2.29. The van der Waals surface area contributed by atoms with Crippen LogP contribution in [0, 0.1) is 6.92 Å². The van der Waals surface area contributed by atoms with Crippen LogP contribution in [0.2, 0.25) is 0 Å². The number of hydrogen-bond donors (Lipinski definition) is 1. The average Bonchev–Trinajstić information content (AvgIpc) is 3.08. The molecule has 1 atom stereocenters. The fourth-order valence-corrected chi connectivity index (χ4v) is 3.70. The molecule has 1 amide bonds. The standard InChI is InChI=1S/C17H23N3O3S/c1-9(2)15-18-10(3)14(24-15)11(4)19(5)16(21)12-7-8-13(17(22)23)20(12)6/h7-9,11H,1-6H3,(H,22,23). The van der Waals surface area contributed by atoms with Crippen LogP contribution in [-0.2, 0) is 7.05 Å². The highest BCUT2D eigenvalue weighted by Crippen LogP contribution is 2.32. The molecule has 2 aromatic rings. The van der Waals surface area contributed by atoms with Crippen LogP contribution in [0.25, 0.3) is 0 Å². The molecular weight excluding hydrogens is 326 g/mol. The fourth-order valence-electron chi connectivity index (χ4n) is 2.54. The van der Waals surface area contributed by atoms with E-state index in [9.17, 15) is 9.59 Å². The van der Waals surface area contributed by atoms with E-state index in [4.69, 9.17) is 5.11 Å². The van der Waals surface area contributed by atoms with Gasteiger partial charge in [-0.1, -0.05) is 13.8 Å². The number of carboxylic acids is 1. The van der Waals surface area contributed by atoms with Gasteiger partial charge in [0.25, 0.3) is 5.91 Å². The molecular formula is C17H23N3O3S. The van der Waals surface area contributed by atoms with Crippen LogP contribution < -0.4 is 0 Å². The molecule has 1 N–H and O–H groups in total. The molecule has 24 heavy (non-hydrogen) atoms. The van der Waals surface area contributed by atoms with Crippen molar-refractivity contribution in [3.63, 3.8) is 0 Å². The number of carbonyl (C=O) groups is 2. The summed E-state index contributed by atoms with van der Waals surface area (Å²) in [5.74, 6) is -0.912. The van der Waals surface area contributed by atoms with Crippen molar-refractivity contribution >= 4 is 23.2 Å². The Morgan fingerprint density at radius 1 is 1.25 bits per heavy atom.